The summed E-state index contributed by atoms with van der Waals surface area (Å²) in [4.78, 5) is 0. The van der Waals surface area contributed by atoms with Crippen LogP contribution in [-0.2, 0) is 14.6 Å². The normalized spacial score (nSPS) is 16.9. The SMILES string of the molecule is CCC(O)(CCS(C)(=O)=O)COC. The number of hydrogen-bond acceptors (Lipinski definition) is 4. The van der Waals surface area contributed by atoms with Crippen molar-refractivity contribution in [2.45, 2.75) is 25.4 Å². The molecule has 0 spiro atoms. The van der Waals surface area contributed by atoms with Crippen LogP contribution in [0.1, 0.15) is 19.8 Å². The maximum absolute atomic E-state index is 10.8. The van der Waals surface area contributed by atoms with Crippen LogP contribution >= 0.6 is 0 Å². The van der Waals surface area contributed by atoms with Gasteiger partial charge < -0.3 is 9.84 Å². The molecule has 1 unspecified atom stereocenters. The lowest BCUT2D eigenvalue weighted by Gasteiger charge is -2.25. The molecule has 0 rings (SSSR count). The lowest BCUT2D eigenvalue weighted by molar-refractivity contribution is -0.0357. The molecule has 0 heterocycles. The first-order valence-electron chi connectivity index (χ1n) is 4.22. The van der Waals surface area contributed by atoms with Crippen molar-refractivity contribution in [1.29, 1.82) is 0 Å². The van der Waals surface area contributed by atoms with Gasteiger partial charge in [0.25, 0.3) is 0 Å². The molecule has 0 saturated carbocycles. The van der Waals surface area contributed by atoms with E-state index < -0.39 is 15.4 Å². The minimum Gasteiger partial charge on any atom is -0.387 e. The fourth-order valence-corrected chi connectivity index (χ4v) is 1.75. The number of sulfone groups is 1. The molecule has 0 bridgehead atoms. The highest BCUT2D eigenvalue weighted by Gasteiger charge is 2.25. The summed E-state index contributed by atoms with van der Waals surface area (Å²) < 4.78 is 26.5. The summed E-state index contributed by atoms with van der Waals surface area (Å²) in [5, 5.41) is 9.79. The molecule has 0 amide bonds. The van der Waals surface area contributed by atoms with Gasteiger partial charge in [-0.1, -0.05) is 6.92 Å². The van der Waals surface area contributed by atoms with Crippen LogP contribution < -0.4 is 0 Å². The van der Waals surface area contributed by atoms with E-state index in [1.807, 2.05) is 0 Å². The molecule has 0 aromatic carbocycles. The Morgan fingerprint density at radius 2 is 2.00 bits per heavy atom. The highest BCUT2D eigenvalue weighted by molar-refractivity contribution is 7.90. The largest absolute Gasteiger partial charge is 0.387 e. The summed E-state index contributed by atoms with van der Waals surface area (Å²) in [6.45, 7) is 1.99. The molecule has 80 valence electrons. The van der Waals surface area contributed by atoms with E-state index in [-0.39, 0.29) is 18.8 Å². The molecular weight excluding hydrogens is 192 g/mol. The Labute approximate surface area is 79.8 Å². The molecule has 1 atom stereocenters. The van der Waals surface area contributed by atoms with Crippen molar-refractivity contribution in [3.63, 3.8) is 0 Å². The average molecular weight is 210 g/mol. The van der Waals surface area contributed by atoms with Crippen LogP contribution in [0.15, 0.2) is 0 Å². The number of aliphatic hydroxyl groups is 1. The zero-order valence-corrected chi connectivity index (χ0v) is 9.23. The molecule has 0 aromatic heterocycles. The monoisotopic (exact) mass is 210 g/mol. The van der Waals surface area contributed by atoms with Gasteiger partial charge in [-0.15, -0.1) is 0 Å². The molecule has 0 aliphatic carbocycles. The van der Waals surface area contributed by atoms with Crippen LogP contribution in [0.2, 0.25) is 0 Å². The van der Waals surface area contributed by atoms with Gasteiger partial charge in [0.05, 0.1) is 18.0 Å². The molecule has 13 heavy (non-hydrogen) atoms. The molecule has 0 aromatic rings. The zero-order valence-electron chi connectivity index (χ0n) is 8.41. The predicted octanol–water partition coefficient (Wildman–Crippen LogP) is 0.209. The minimum atomic E-state index is -3.00. The molecule has 0 aliphatic rings. The van der Waals surface area contributed by atoms with E-state index in [4.69, 9.17) is 4.74 Å². The van der Waals surface area contributed by atoms with Crippen molar-refractivity contribution in [3.05, 3.63) is 0 Å². The molecule has 1 N–H and O–H groups in total. The minimum absolute atomic E-state index is 0.000694. The van der Waals surface area contributed by atoms with E-state index in [9.17, 15) is 13.5 Å². The molecule has 0 saturated heterocycles. The zero-order chi connectivity index (χ0) is 10.5. The Morgan fingerprint density at radius 3 is 2.31 bits per heavy atom. The first-order chi connectivity index (χ1) is 5.83. The van der Waals surface area contributed by atoms with Crippen LogP contribution in [0, 0.1) is 0 Å². The van der Waals surface area contributed by atoms with Crippen molar-refractivity contribution in [2.75, 3.05) is 25.7 Å². The fourth-order valence-electron chi connectivity index (χ4n) is 0.995. The Balaban J connectivity index is 4.13. The first kappa shape index (κ1) is 12.9. The summed E-state index contributed by atoms with van der Waals surface area (Å²) in [6, 6.07) is 0. The Kier molecular flexibility index (Phi) is 4.88. The smallest absolute Gasteiger partial charge is 0.147 e. The summed E-state index contributed by atoms with van der Waals surface area (Å²) >= 11 is 0. The highest BCUT2D eigenvalue weighted by atomic mass is 32.2. The fraction of sp³-hybridized carbons (Fsp3) is 1.00. The summed E-state index contributed by atoms with van der Waals surface area (Å²) in [5.41, 5.74) is -1.00. The van der Waals surface area contributed by atoms with Gasteiger partial charge in [0, 0.05) is 13.4 Å². The van der Waals surface area contributed by atoms with E-state index >= 15 is 0 Å². The predicted molar refractivity (Wildman–Crippen MR) is 51.4 cm³/mol. The quantitative estimate of drug-likeness (QED) is 0.680. The van der Waals surface area contributed by atoms with E-state index in [0.29, 0.717) is 6.42 Å². The van der Waals surface area contributed by atoms with E-state index in [1.54, 1.807) is 6.92 Å². The molecule has 4 nitrogen and oxygen atoms in total. The third-order valence-corrected chi connectivity index (χ3v) is 2.96. The van der Waals surface area contributed by atoms with Crippen molar-refractivity contribution in [2.24, 2.45) is 0 Å². The van der Waals surface area contributed by atoms with Crippen LogP contribution in [0.4, 0.5) is 0 Å². The summed E-state index contributed by atoms with van der Waals surface area (Å²) in [6.07, 6.45) is 1.89. The van der Waals surface area contributed by atoms with Crippen LogP contribution in [0.25, 0.3) is 0 Å². The number of methoxy groups -OCH3 is 1. The van der Waals surface area contributed by atoms with Crippen LogP contribution in [-0.4, -0.2) is 44.9 Å². The van der Waals surface area contributed by atoms with Crippen LogP contribution in [0.3, 0.4) is 0 Å². The topological polar surface area (TPSA) is 63.6 Å². The van der Waals surface area contributed by atoms with Gasteiger partial charge in [-0.2, -0.15) is 0 Å². The number of hydrogen-bond donors (Lipinski definition) is 1. The second-order valence-corrected chi connectivity index (χ2v) is 5.65. The van der Waals surface area contributed by atoms with Gasteiger partial charge in [-0.05, 0) is 12.8 Å². The maximum Gasteiger partial charge on any atom is 0.147 e. The second-order valence-electron chi connectivity index (χ2n) is 3.39. The molecule has 0 radical (unpaired) electrons. The van der Waals surface area contributed by atoms with E-state index in [2.05, 4.69) is 0 Å². The van der Waals surface area contributed by atoms with Gasteiger partial charge in [0.2, 0.25) is 0 Å². The summed E-state index contributed by atoms with van der Waals surface area (Å²) in [5.74, 6) is 0.000694. The molecule has 0 fully saturated rings. The van der Waals surface area contributed by atoms with Crippen molar-refractivity contribution in [3.8, 4) is 0 Å². The van der Waals surface area contributed by atoms with Crippen LogP contribution in [0.5, 0.6) is 0 Å². The van der Waals surface area contributed by atoms with Gasteiger partial charge in [-0.3, -0.25) is 0 Å². The third-order valence-electron chi connectivity index (χ3n) is 2.01. The Hall–Kier alpha value is -0.130. The van der Waals surface area contributed by atoms with Crippen molar-refractivity contribution < 1.29 is 18.3 Å². The Morgan fingerprint density at radius 1 is 1.46 bits per heavy atom. The lowest BCUT2D eigenvalue weighted by Crippen LogP contribution is -2.35. The molecule has 5 heteroatoms. The van der Waals surface area contributed by atoms with Crippen molar-refractivity contribution in [1.82, 2.24) is 0 Å². The van der Waals surface area contributed by atoms with Gasteiger partial charge in [0.15, 0.2) is 0 Å². The number of ether oxygens (including phenoxy) is 1. The second kappa shape index (κ2) is 4.93. The number of rotatable bonds is 6. The third kappa shape index (κ3) is 6.01. The standard InChI is InChI=1S/C8H18O4S/c1-4-8(9,7-12-2)5-6-13(3,10)11/h9H,4-7H2,1-3H3. The van der Waals surface area contributed by atoms with Crippen molar-refractivity contribution >= 4 is 9.84 Å². The van der Waals surface area contributed by atoms with E-state index in [0.717, 1.165) is 6.26 Å². The van der Waals surface area contributed by atoms with Gasteiger partial charge in [-0.25, -0.2) is 8.42 Å². The molecule has 0 aliphatic heterocycles. The van der Waals surface area contributed by atoms with Gasteiger partial charge >= 0.3 is 0 Å². The first-order valence-corrected chi connectivity index (χ1v) is 6.28. The molecular formula is C8H18O4S. The Bertz CT molecular complexity index is 235. The van der Waals surface area contributed by atoms with Gasteiger partial charge in [0.1, 0.15) is 9.84 Å². The highest BCUT2D eigenvalue weighted by Crippen LogP contribution is 2.16. The maximum atomic E-state index is 10.8. The van der Waals surface area contributed by atoms with E-state index in [1.165, 1.54) is 7.11 Å². The summed E-state index contributed by atoms with van der Waals surface area (Å²) in [7, 11) is -1.51. The lowest BCUT2D eigenvalue weighted by atomic mass is 9.99. The average Bonchev–Trinajstić information content (AvgIpc) is 2.01.